The lowest BCUT2D eigenvalue weighted by molar-refractivity contribution is -0.106. The van der Waals surface area contributed by atoms with Crippen molar-refractivity contribution >= 4 is 51.6 Å². The molecular weight excluding hydrogens is 263 g/mol. The Morgan fingerprint density at radius 3 is 2.80 bits per heavy atom. The maximum atomic E-state index is 10.9. The molecule has 1 heterocycles. The van der Waals surface area contributed by atoms with E-state index >= 15 is 0 Å². The Labute approximate surface area is 101 Å². The van der Waals surface area contributed by atoms with Crippen LogP contribution < -0.4 is 5.73 Å². The summed E-state index contributed by atoms with van der Waals surface area (Å²) >= 11 is 6.21. The third-order valence-corrected chi connectivity index (χ3v) is 1.85. The molecule has 0 fully saturated rings. The molecule has 0 aromatic carbocycles. The molecule has 0 atom stereocenters. The summed E-state index contributed by atoms with van der Waals surface area (Å²) in [5.41, 5.74) is 5.20. The summed E-state index contributed by atoms with van der Waals surface area (Å²) in [7, 11) is 0. The van der Waals surface area contributed by atoms with E-state index in [1.54, 1.807) is 6.92 Å². The third kappa shape index (κ3) is 3.98. The largest absolute Gasteiger partial charge is 0.395 e. The van der Waals surface area contributed by atoms with Crippen molar-refractivity contribution in [2.24, 2.45) is 5.16 Å². The second-order valence-corrected chi connectivity index (χ2v) is 3.21. The van der Waals surface area contributed by atoms with E-state index in [1.165, 1.54) is 0 Å². The van der Waals surface area contributed by atoms with Gasteiger partial charge in [0.2, 0.25) is 11.5 Å². The number of aromatic nitrogens is 2. The monoisotopic (exact) mass is 270 g/mol. The molecule has 0 aliphatic carbocycles. The molecule has 0 aliphatic rings. The van der Waals surface area contributed by atoms with Crippen molar-refractivity contribution in [3.63, 3.8) is 0 Å². The Morgan fingerprint density at radius 1 is 1.73 bits per heavy atom. The number of oxime groups is 1. The molecule has 1 aromatic heterocycles. The first-order valence-corrected chi connectivity index (χ1v) is 4.79. The smallest absolute Gasteiger partial charge is 0.278 e. The number of nitrogens with two attached hydrogens (primary N) is 1. The van der Waals surface area contributed by atoms with Gasteiger partial charge in [0.1, 0.15) is 6.61 Å². The highest BCUT2D eigenvalue weighted by molar-refractivity contribution is 7.09. The van der Waals surface area contributed by atoms with Crippen LogP contribution in [0.25, 0.3) is 0 Å². The lowest BCUT2D eigenvalue weighted by Gasteiger charge is -1.95. The van der Waals surface area contributed by atoms with Crippen molar-refractivity contribution in [2.75, 3.05) is 12.3 Å². The number of carbonyl (C=O) groups excluding carboxylic acids is 1. The zero-order chi connectivity index (χ0) is 10.6. The van der Waals surface area contributed by atoms with E-state index in [1.807, 2.05) is 0 Å². The summed E-state index contributed by atoms with van der Waals surface area (Å²) in [5, 5.41) is 2.94. The zero-order valence-corrected chi connectivity index (χ0v) is 10.0. The topological polar surface area (TPSA) is 90.5 Å². The molecule has 84 valence electrons. The Bertz CT molecular complexity index is 368. The van der Waals surface area contributed by atoms with Crippen LogP contribution in [-0.2, 0) is 9.63 Å². The fraction of sp³-hybridized carbons (Fsp3) is 0.333. The first-order chi connectivity index (χ1) is 6.65. The molecule has 6 nitrogen and oxygen atoms in total. The summed E-state index contributed by atoms with van der Waals surface area (Å²) in [4.78, 5) is 19.3. The van der Waals surface area contributed by atoms with Gasteiger partial charge < -0.3 is 10.6 Å². The summed E-state index contributed by atoms with van der Waals surface area (Å²) in [6.07, 6.45) is 0. The molecular formula is C6H8Cl2N4O2S. The molecule has 0 spiro atoms. The number of halogens is 2. The van der Waals surface area contributed by atoms with Crippen molar-refractivity contribution in [1.29, 1.82) is 0 Å². The molecule has 0 amide bonds. The van der Waals surface area contributed by atoms with Gasteiger partial charge in [0.15, 0.2) is 5.13 Å². The number of hydrogen-bond acceptors (Lipinski definition) is 7. The van der Waals surface area contributed by atoms with Gasteiger partial charge in [-0.05, 0) is 18.5 Å². The second kappa shape index (κ2) is 6.54. The van der Waals surface area contributed by atoms with E-state index in [0.717, 1.165) is 11.5 Å². The lowest BCUT2D eigenvalue weighted by atomic mass is 10.4. The van der Waals surface area contributed by atoms with Crippen LogP contribution in [0.3, 0.4) is 0 Å². The fourth-order valence-corrected chi connectivity index (χ4v) is 1.18. The third-order valence-electron chi connectivity index (χ3n) is 1.12. The van der Waals surface area contributed by atoms with Gasteiger partial charge in [-0.15, -0.1) is 12.4 Å². The highest BCUT2D eigenvalue weighted by Gasteiger charge is 2.17. The molecule has 0 radical (unpaired) electrons. The van der Waals surface area contributed by atoms with Gasteiger partial charge >= 0.3 is 0 Å². The highest BCUT2D eigenvalue weighted by atomic mass is 35.5. The Hall–Kier alpha value is -0.920. The molecule has 0 saturated carbocycles. The summed E-state index contributed by atoms with van der Waals surface area (Å²) in [6, 6.07) is 0. The van der Waals surface area contributed by atoms with Crippen LogP contribution in [0.15, 0.2) is 5.16 Å². The molecule has 1 aromatic rings. The predicted molar refractivity (Wildman–Crippen MR) is 60.6 cm³/mol. The molecule has 0 aliphatic heterocycles. The minimum Gasteiger partial charge on any atom is -0.395 e. The van der Waals surface area contributed by atoms with E-state index in [2.05, 4.69) is 19.4 Å². The van der Waals surface area contributed by atoms with Crippen LogP contribution in [0.1, 0.15) is 12.7 Å². The van der Waals surface area contributed by atoms with Crippen LogP contribution in [0.4, 0.5) is 5.13 Å². The van der Waals surface area contributed by atoms with E-state index in [9.17, 15) is 4.79 Å². The number of rotatable bonds is 4. The van der Waals surface area contributed by atoms with Crippen molar-refractivity contribution in [2.45, 2.75) is 6.92 Å². The average Bonchev–Trinajstić information content (AvgIpc) is 2.52. The second-order valence-electron chi connectivity index (χ2n) is 2.09. The molecule has 0 unspecified atom stereocenters. The molecule has 0 saturated heterocycles. The number of anilines is 1. The van der Waals surface area contributed by atoms with E-state index in [-0.39, 0.29) is 29.1 Å². The van der Waals surface area contributed by atoms with E-state index in [0.29, 0.717) is 6.61 Å². The SMILES string of the molecule is CCO/N=C(\C(=O)Cl)c1nsc(N)n1.Cl. The zero-order valence-electron chi connectivity index (χ0n) is 7.64. The Kier molecular flexibility index (Phi) is 6.14. The summed E-state index contributed by atoms with van der Waals surface area (Å²) in [5.74, 6) is 0.0842. The van der Waals surface area contributed by atoms with Crippen LogP contribution >= 0.6 is 35.5 Å². The minimum atomic E-state index is -0.781. The Morgan fingerprint density at radius 2 is 2.40 bits per heavy atom. The highest BCUT2D eigenvalue weighted by Crippen LogP contribution is 2.08. The van der Waals surface area contributed by atoms with Crippen LogP contribution in [0.5, 0.6) is 0 Å². The molecule has 1 rings (SSSR count). The van der Waals surface area contributed by atoms with Gasteiger partial charge in [0.25, 0.3) is 5.24 Å². The van der Waals surface area contributed by atoms with Crippen molar-refractivity contribution in [3.05, 3.63) is 5.82 Å². The first-order valence-electron chi connectivity index (χ1n) is 3.64. The van der Waals surface area contributed by atoms with Crippen molar-refractivity contribution in [3.8, 4) is 0 Å². The molecule has 9 heteroatoms. The van der Waals surface area contributed by atoms with Gasteiger partial charge in [0, 0.05) is 11.5 Å². The van der Waals surface area contributed by atoms with Crippen LogP contribution in [0, 0.1) is 0 Å². The number of nitrogens with zero attached hydrogens (tertiary/aromatic N) is 3. The minimum absolute atomic E-state index is 0. The van der Waals surface area contributed by atoms with Gasteiger partial charge in [0.05, 0.1) is 0 Å². The molecule has 2 N–H and O–H groups in total. The summed E-state index contributed by atoms with van der Waals surface area (Å²) in [6.45, 7) is 2.05. The quantitative estimate of drug-likeness (QED) is 0.502. The number of nitrogen functional groups attached to an aromatic ring is 1. The lowest BCUT2D eigenvalue weighted by Crippen LogP contribution is -2.12. The summed E-state index contributed by atoms with van der Waals surface area (Å²) < 4.78 is 3.78. The van der Waals surface area contributed by atoms with Gasteiger partial charge in [-0.3, -0.25) is 4.79 Å². The van der Waals surface area contributed by atoms with Crippen molar-refractivity contribution in [1.82, 2.24) is 9.36 Å². The molecule has 15 heavy (non-hydrogen) atoms. The number of carbonyl (C=O) groups is 1. The Balaban J connectivity index is 0.00000196. The van der Waals surface area contributed by atoms with Gasteiger partial charge in [-0.1, -0.05) is 5.16 Å². The first kappa shape index (κ1) is 14.1. The van der Waals surface area contributed by atoms with Gasteiger partial charge in [-0.2, -0.15) is 9.36 Å². The number of hydrogen-bond donors (Lipinski definition) is 1. The standard InChI is InChI=1S/C6H7ClN4O2S.ClH/c1-2-13-10-3(4(7)12)5-9-6(8)14-11-5;/h2H2,1H3,(H2,8,9,11);1H/b10-3+;. The average molecular weight is 271 g/mol. The fourth-order valence-electron chi connectivity index (χ4n) is 0.625. The van der Waals surface area contributed by atoms with Gasteiger partial charge in [-0.25, -0.2) is 0 Å². The maximum absolute atomic E-state index is 10.9. The predicted octanol–water partition coefficient (Wildman–Crippen LogP) is 1.05. The molecule has 0 bridgehead atoms. The normalized spacial score (nSPS) is 10.7. The maximum Gasteiger partial charge on any atom is 0.278 e. The van der Waals surface area contributed by atoms with Crippen molar-refractivity contribution < 1.29 is 9.63 Å². The van der Waals surface area contributed by atoms with E-state index in [4.69, 9.17) is 17.3 Å². The van der Waals surface area contributed by atoms with Crippen LogP contribution in [0.2, 0.25) is 0 Å². The van der Waals surface area contributed by atoms with Crippen LogP contribution in [-0.4, -0.2) is 26.9 Å². The van der Waals surface area contributed by atoms with E-state index < -0.39 is 5.24 Å².